The van der Waals surface area contributed by atoms with E-state index in [0.29, 0.717) is 24.0 Å². The molecule has 1 heterocycles. The second-order valence-corrected chi connectivity index (χ2v) is 11.6. The van der Waals surface area contributed by atoms with E-state index in [9.17, 15) is 8.42 Å². The molecule has 1 aliphatic heterocycles. The SMILES string of the molecule is COc1ccc(C2(CCOS(=O)(=O)c3c(C(C)C)cc(C(C)C)cc3C(C)C)OCCCO2)cc1. The van der Waals surface area contributed by atoms with Gasteiger partial charge in [-0.15, -0.1) is 0 Å². The Hall–Kier alpha value is -1.93. The van der Waals surface area contributed by atoms with Crippen LogP contribution < -0.4 is 4.74 Å². The van der Waals surface area contributed by atoms with Gasteiger partial charge < -0.3 is 14.2 Å². The van der Waals surface area contributed by atoms with Gasteiger partial charge in [-0.05, 0) is 65.1 Å². The van der Waals surface area contributed by atoms with Gasteiger partial charge in [0.25, 0.3) is 10.1 Å². The lowest BCUT2D eigenvalue weighted by molar-refractivity contribution is -0.281. The molecule has 0 unspecified atom stereocenters. The zero-order valence-corrected chi connectivity index (χ0v) is 22.9. The smallest absolute Gasteiger partial charge is 0.297 e. The molecule has 1 aliphatic rings. The van der Waals surface area contributed by atoms with Crippen LogP contribution in [0.4, 0.5) is 0 Å². The third kappa shape index (κ3) is 6.26. The lowest BCUT2D eigenvalue weighted by atomic mass is 9.89. The summed E-state index contributed by atoms with van der Waals surface area (Å²) in [7, 11) is -2.39. The predicted molar refractivity (Wildman–Crippen MR) is 138 cm³/mol. The number of methoxy groups -OCH3 is 1. The summed E-state index contributed by atoms with van der Waals surface area (Å²) in [6, 6.07) is 11.5. The van der Waals surface area contributed by atoms with Crippen molar-refractivity contribution in [1.29, 1.82) is 0 Å². The standard InChI is InChI=1S/C28H40O6S/c1-19(2)22-17-25(20(3)4)27(26(18-22)21(5)6)35(29,30)34-16-13-28(32-14-8-15-33-28)23-9-11-24(31-7)12-10-23/h9-12,17-21H,8,13-16H2,1-7H3. The first-order valence-electron chi connectivity index (χ1n) is 12.5. The molecule has 2 aromatic rings. The Morgan fingerprint density at radius 2 is 1.43 bits per heavy atom. The van der Waals surface area contributed by atoms with Crippen molar-refractivity contribution in [2.24, 2.45) is 0 Å². The van der Waals surface area contributed by atoms with Crippen LogP contribution in [-0.2, 0) is 29.6 Å². The fourth-order valence-corrected chi connectivity index (χ4v) is 5.99. The maximum Gasteiger partial charge on any atom is 0.297 e. The first kappa shape index (κ1) is 27.7. The molecule has 35 heavy (non-hydrogen) atoms. The lowest BCUT2D eigenvalue weighted by Gasteiger charge is -2.37. The maximum atomic E-state index is 13.6. The molecule has 0 spiro atoms. The van der Waals surface area contributed by atoms with Gasteiger partial charge >= 0.3 is 0 Å². The molecule has 0 aromatic heterocycles. The molecule has 2 aromatic carbocycles. The van der Waals surface area contributed by atoms with E-state index < -0.39 is 15.9 Å². The van der Waals surface area contributed by atoms with Crippen molar-refractivity contribution in [3.8, 4) is 5.75 Å². The summed E-state index contributed by atoms with van der Waals surface area (Å²) in [6.45, 7) is 13.3. The second-order valence-electron chi connectivity index (χ2n) is 10.1. The van der Waals surface area contributed by atoms with Crippen LogP contribution in [-0.4, -0.2) is 35.3 Å². The Balaban J connectivity index is 1.91. The van der Waals surface area contributed by atoms with E-state index in [4.69, 9.17) is 18.4 Å². The third-order valence-electron chi connectivity index (χ3n) is 6.49. The molecule has 0 aliphatic carbocycles. The molecule has 7 heteroatoms. The molecule has 0 radical (unpaired) electrons. The predicted octanol–water partition coefficient (Wildman–Crippen LogP) is 6.45. The average Bonchev–Trinajstić information content (AvgIpc) is 2.83. The minimum Gasteiger partial charge on any atom is -0.497 e. The minimum atomic E-state index is -4.01. The van der Waals surface area contributed by atoms with Crippen molar-refractivity contribution in [2.45, 2.75) is 82.8 Å². The highest BCUT2D eigenvalue weighted by molar-refractivity contribution is 7.86. The van der Waals surface area contributed by atoms with E-state index in [1.807, 2.05) is 64.1 Å². The zero-order valence-electron chi connectivity index (χ0n) is 22.1. The molecule has 0 bridgehead atoms. The minimum absolute atomic E-state index is 0.0372. The van der Waals surface area contributed by atoms with Crippen molar-refractivity contribution < 1.29 is 26.8 Å². The molecule has 0 amide bonds. The van der Waals surface area contributed by atoms with Gasteiger partial charge in [0.05, 0.1) is 26.9 Å². The van der Waals surface area contributed by atoms with Crippen LogP contribution in [0, 0.1) is 0 Å². The van der Waals surface area contributed by atoms with E-state index in [-0.39, 0.29) is 24.9 Å². The van der Waals surface area contributed by atoms with Crippen LogP contribution in [0.15, 0.2) is 41.3 Å². The van der Waals surface area contributed by atoms with Crippen LogP contribution in [0.2, 0.25) is 0 Å². The normalized spacial score (nSPS) is 16.3. The number of ether oxygens (including phenoxy) is 3. The van der Waals surface area contributed by atoms with Gasteiger partial charge in [0.2, 0.25) is 0 Å². The van der Waals surface area contributed by atoms with Gasteiger partial charge in [0.1, 0.15) is 10.6 Å². The summed E-state index contributed by atoms with van der Waals surface area (Å²) in [5, 5.41) is 0. The summed E-state index contributed by atoms with van der Waals surface area (Å²) >= 11 is 0. The topological polar surface area (TPSA) is 71.1 Å². The first-order valence-corrected chi connectivity index (χ1v) is 13.9. The van der Waals surface area contributed by atoms with Gasteiger partial charge in [-0.1, -0.05) is 53.7 Å². The lowest BCUT2D eigenvalue weighted by Crippen LogP contribution is -2.39. The third-order valence-corrected chi connectivity index (χ3v) is 7.94. The highest BCUT2D eigenvalue weighted by Gasteiger charge is 2.38. The molecule has 1 saturated heterocycles. The average molecular weight is 505 g/mol. The summed E-state index contributed by atoms with van der Waals surface area (Å²) < 4.78 is 50.3. The van der Waals surface area contributed by atoms with E-state index >= 15 is 0 Å². The van der Waals surface area contributed by atoms with Crippen molar-refractivity contribution >= 4 is 10.1 Å². The van der Waals surface area contributed by atoms with Crippen LogP contribution >= 0.6 is 0 Å². The molecule has 0 saturated carbocycles. The van der Waals surface area contributed by atoms with Gasteiger partial charge in [-0.2, -0.15) is 8.42 Å². The molecule has 6 nitrogen and oxygen atoms in total. The van der Waals surface area contributed by atoms with Crippen molar-refractivity contribution in [3.63, 3.8) is 0 Å². The van der Waals surface area contributed by atoms with Crippen LogP contribution in [0.1, 0.15) is 94.4 Å². The van der Waals surface area contributed by atoms with Crippen molar-refractivity contribution in [3.05, 3.63) is 58.7 Å². The number of rotatable bonds is 10. The Labute approximate surface area is 211 Å². The largest absolute Gasteiger partial charge is 0.497 e. The van der Waals surface area contributed by atoms with E-state index in [1.54, 1.807) is 7.11 Å². The zero-order chi connectivity index (χ0) is 25.8. The highest BCUT2D eigenvalue weighted by atomic mass is 32.2. The van der Waals surface area contributed by atoms with Gasteiger partial charge in [0.15, 0.2) is 5.79 Å². The van der Waals surface area contributed by atoms with Crippen LogP contribution in [0.5, 0.6) is 5.75 Å². The van der Waals surface area contributed by atoms with E-state index in [1.165, 1.54) is 0 Å². The summed E-state index contributed by atoms with van der Waals surface area (Å²) in [4.78, 5) is 0.302. The van der Waals surface area contributed by atoms with Crippen molar-refractivity contribution in [2.75, 3.05) is 26.9 Å². The monoisotopic (exact) mass is 504 g/mol. The van der Waals surface area contributed by atoms with Crippen LogP contribution in [0.3, 0.4) is 0 Å². The van der Waals surface area contributed by atoms with Gasteiger partial charge in [0, 0.05) is 12.0 Å². The van der Waals surface area contributed by atoms with E-state index in [0.717, 1.165) is 34.4 Å². The van der Waals surface area contributed by atoms with Crippen LogP contribution in [0.25, 0.3) is 0 Å². The fourth-order valence-electron chi connectivity index (χ4n) is 4.40. The molecular weight excluding hydrogens is 464 g/mol. The summed E-state index contributed by atoms with van der Waals surface area (Å²) in [5.74, 6) is 0.0485. The fraction of sp³-hybridized carbons (Fsp3) is 0.571. The molecule has 1 fully saturated rings. The van der Waals surface area contributed by atoms with E-state index in [2.05, 4.69) is 13.8 Å². The Morgan fingerprint density at radius 1 is 0.886 bits per heavy atom. The number of hydrogen-bond donors (Lipinski definition) is 0. The highest BCUT2D eigenvalue weighted by Crippen LogP contribution is 2.38. The first-order chi connectivity index (χ1) is 16.5. The van der Waals surface area contributed by atoms with Gasteiger partial charge in [-0.25, -0.2) is 0 Å². The quantitative estimate of drug-likeness (QED) is 0.346. The van der Waals surface area contributed by atoms with Crippen molar-refractivity contribution in [1.82, 2.24) is 0 Å². The Kier molecular flexibility index (Phi) is 9.02. The second kappa shape index (κ2) is 11.4. The number of benzene rings is 2. The molecular formula is C28H40O6S. The Bertz CT molecular complexity index is 1050. The summed E-state index contributed by atoms with van der Waals surface area (Å²) in [6.07, 6.45) is 1.03. The molecule has 194 valence electrons. The molecule has 0 N–H and O–H groups in total. The summed E-state index contributed by atoms with van der Waals surface area (Å²) in [5.41, 5.74) is 3.55. The molecule has 0 atom stereocenters. The molecule has 3 rings (SSSR count). The number of hydrogen-bond acceptors (Lipinski definition) is 6. The Morgan fingerprint density at radius 3 is 1.89 bits per heavy atom. The maximum absolute atomic E-state index is 13.6. The van der Waals surface area contributed by atoms with Gasteiger partial charge in [-0.3, -0.25) is 4.18 Å².